The molecule has 8 nitrogen and oxygen atoms in total. The van der Waals surface area contributed by atoms with Crippen molar-refractivity contribution >= 4 is 11.8 Å². The average molecular weight is 343 g/mol. The van der Waals surface area contributed by atoms with Crippen molar-refractivity contribution in [2.45, 2.75) is 18.9 Å². The summed E-state index contributed by atoms with van der Waals surface area (Å²) in [5.74, 6) is 0.243. The summed E-state index contributed by atoms with van der Waals surface area (Å²) in [6.45, 7) is 1.29. The van der Waals surface area contributed by atoms with Gasteiger partial charge in [-0.25, -0.2) is 4.68 Å². The maximum absolute atomic E-state index is 12.3. The van der Waals surface area contributed by atoms with Crippen LogP contribution in [0.4, 0.5) is 0 Å². The molecule has 0 saturated carbocycles. The molecule has 0 radical (unpaired) electrons. The maximum atomic E-state index is 12.3. The lowest BCUT2D eigenvalue weighted by molar-refractivity contribution is -0.131. The molecule has 1 N–H and O–H groups in total. The summed E-state index contributed by atoms with van der Waals surface area (Å²) in [4.78, 5) is 26.2. The third kappa shape index (κ3) is 4.14. The normalized spacial score (nSPS) is 15.0. The van der Waals surface area contributed by atoms with Crippen molar-refractivity contribution in [1.82, 2.24) is 25.2 Å². The van der Waals surface area contributed by atoms with Gasteiger partial charge in [0.1, 0.15) is 5.75 Å². The number of piperidine rings is 1. The molecule has 0 aliphatic carbocycles. The Morgan fingerprint density at radius 1 is 1.32 bits per heavy atom. The van der Waals surface area contributed by atoms with Gasteiger partial charge >= 0.3 is 0 Å². The minimum Gasteiger partial charge on any atom is -0.497 e. The Hall–Kier alpha value is -2.90. The quantitative estimate of drug-likeness (QED) is 0.870. The van der Waals surface area contributed by atoms with Crippen molar-refractivity contribution in [3.8, 4) is 5.75 Å². The van der Waals surface area contributed by atoms with Crippen molar-refractivity contribution in [2.75, 3.05) is 26.7 Å². The van der Waals surface area contributed by atoms with Gasteiger partial charge in [-0.15, -0.1) is 5.10 Å². The number of amides is 2. The summed E-state index contributed by atoms with van der Waals surface area (Å²) >= 11 is 0. The fourth-order valence-corrected chi connectivity index (χ4v) is 2.93. The summed E-state index contributed by atoms with van der Waals surface area (Å²) in [5, 5.41) is 10.5. The first-order valence-electron chi connectivity index (χ1n) is 8.23. The van der Waals surface area contributed by atoms with Crippen molar-refractivity contribution in [3.63, 3.8) is 0 Å². The number of rotatable bonds is 5. The molecule has 1 aliphatic heterocycles. The van der Waals surface area contributed by atoms with E-state index in [1.165, 1.54) is 0 Å². The molecule has 1 aromatic heterocycles. The van der Waals surface area contributed by atoms with Crippen molar-refractivity contribution in [1.29, 1.82) is 0 Å². The van der Waals surface area contributed by atoms with Gasteiger partial charge in [0.15, 0.2) is 0 Å². The van der Waals surface area contributed by atoms with E-state index in [1.807, 2.05) is 10.9 Å². The Morgan fingerprint density at radius 2 is 2.12 bits per heavy atom. The van der Waals surface area contributed by atoms with Gasteiger partial charge in [0, 0.05) is 24.8 Å². The number of nitrogens with zero attached hydrogens (tertiary/aromatic N) is 4. The highest BCUT2D eigenvalue weighted by Crippen LogP contribution is 2.21. The van der Waals surface area contributed by atoms with Gasteiger partial charge < -0.3 is 15.0 Å². The first kappa shape index (κ1) is 16.9. The van der Waals surface area contributed by atoms with E-state index < -0.39 is 0 Å². The van der Waals surface area contributed by atoms with Gasteiger partial charge in [-0.1, -0.05) is 11.3 Å². The molecule has 25 heavy (non-hydrogen) atoms. The molecule has 0 unspecified atom stereocenters. The Balaban J connectivity index is 1.47. The monoisotopic (exact) mass is 343 g/mol. The van der Waals surface area contributed by atoms with E-state index in [2.05, 4.69) is 15.6 Å². The SMILES string of the molecule is COc1cccc(C(=O)NCC(=O)N2CCC(n3ccnn3)CC2)c1. The second-order valence-corrected chi connectivity index (χ2v) is 5.91. The van der Waals surface area contributed by atoms with Crippen molar-refractivity contribution in [3.05, 3.63) is 42.2 Å². The van der Waals surface area contributed by atoms with Crippen LogP contribution in [-0.2, 0) is 4.79 Å². The molecule has 0 atom stereocenters. The summed E-state index contributed by atoms with van der Waals surface area (Å²) < 4.78 is 6.94. The Morgan fingerprint density at radius 3 is 2.80 bits per heavy atom. The zero-order chi connectivity index (χ0) is 17.6. The van der Waals surface area contributed by atoms with Crippen LogP contribution in [0.15, 0.2) is 36.7 Å². The number of carbonyl (C=O) groups is 2. The zero-order valence-electron chi connectivity index (χ0n) is 14.1. The van der Waals surface area contributed by atoms with Crippen LogP contribution in [0, 0.1) is 0 Å². The minimum atomic E-state index is -0.287. The Labute approximate surface area is 145 Å². The van der Waals surface area contributed by atoms with Gasteiger partial charge in [0.25, 0.3) is 5.91 Å². The summed E-state index contributed by atoms with van der Waals surface area (Å²) in [5.41, 5.74) is 0.469. The molecule has 0 spiro atoms. The summed E-state index contributed by atoms with van der Waals surface area (Å²) in [6.07, 6.45) is 5.17. The van der Waals surface area contributed by atoms with E-state index in [9.17, 15) is 9.59 Å². The van der Waals surface area contributed by atoms with Crippen LogP contribution in [0.5, 0.6) is 5.75 Å². The largest absolute Gasteiger partial charge is 0.497 e. The number of nitrogens with one attached hydrogen (secondary N) is 1. The van der Waals surface area contributed by atoms with Gasteiger partial charge in [-0.3, -0.25) is 9.59 Å². The van der Waals surface area contributed by atoms with Crippen LogP contribution in [0.25, 0.3) is 0 Å². The van der Waals surface area contributed by atoms with Gasteiger partial charge in [0.05, 0.1) is 25.9 Å². The fourth-order valence-electron chi connectivity index (χ4n) is 2.93. The van der Waals surface area contributed by atoms with Crippen LogP contribution in [0.3, 0.4) is 0 Å². The summed E-state index contributed by atoms with van der Waals surface area (Å²) in [6, 6.07) is 7.11. The number of aromatic nitrogens is 3. The summed E-state index contributed by atoms with van der Waals surface area (Å²) in [7, 11) is 1.55. The van der Waals surface area contributed by atoms with E-state index in [-0.39, 0.29) is 24.4 Å². The van der Waals surface area contributed by atoms with Crippen LogP contribution in [-0.4, -0.2) is 58.5 Å². The van der Waals surface area contributed by atoms with E-state index in [0.717, 1.165) is 12.8 Å². The van der Waals surface area contributed by atoms with Gasteiger partial charge in [-0.05, 0) is 31.0 Å². The lowest BCUT2D eigenvalue weighted by Gasteiger charge is -2.31. The van der Waals surface area contributed by atoms with Crippen molar-refractivity contribution < 1.29 is 14.3 Å². The van der Waals surface area contributed by atoms with E-state index in [1.54, 1.807) is 42.5 Å². The molecular weight excluding hydrogens is 322 g/mol. The molecule has 2 aromatic rings. The lowest BCUT2D eigenvalue weighted by atomic mass is 10.1. The topological polar surface area (TPSA) is 89.4 Å². The third-order valence-corrected chi connectivity index (χ3v) is 4.36. The highest BCUT2D eigenvalue weighted by atomic mass is 16.5. The molecule has 0 bridgehead atoms. The standard InChI is InChI=1S/C17H21N5O3/c1-25-15-4-2-3-13(11-15)17(24)18-12-16(23)21-8-5-14(6-9-21)22-10-7-19-20-22/h2-4,7,10-11,14H,5-6,8-9,12H2,1H3,(H,18,24). The molecule has 1 saturated heterocycles. The predicted octanol–water partition coefficient (Wildman–Crippen LogP) is 0.880. The first-order chi connectivity index (χ1) is 12.2. The fraction of sp³-hybridized carbons (Fsp3) is 0.412. The number of carbonyl (C=O) groups excluding carboxylic acids is 2. The van der Waals surface area contributed by atoms with Gasteiger partial charge in [0.2, 0.25) is 5.91 Å². The van der Waals surface area contributed by atoms with E-state index in [0.29, 0.717) is 24.4 Å². The van der Waals surface area contributed by atoms with Gasteiger partial charge in [-0.2, -0.15) is 0 Å². The minimum absolute atomic E-state index is 0.00989. The highest BCUT2D eigenvalue weighted by Gasteiger charge is 2.24. The van der Waals surface area contributed by atoms with E-state index >= 15 is 0 Å². The molecule has 2 heterocycles. The number of likely N-dealkylation sites (tertiary alicyclic amines) is 1. The number of ether oxygens (including phenoxy) is 1. The van der Waals surface area contributed by atoms with Crippen LogP contribution < -0.4 is 10.1 Å². The smallest absolute Gasteiger partial charge is 0.251 e. The van der Waals surface area contributed by atoms with Crippen molar-refractivity contribution in [2.24, 2.45) is 0 Å². The third-order valence-electron chi connectivity index (χ3n) is 4.36. The number of hydrogen-bond acceptors (Lipinski definition) is 5. The molecule has 1 aliphatic rings. The number of benzene rings is 1. The lowest BCUT2D eigenvalue weighted by Crippen LogP contribution is -2.44. The maximum Gasteiger partial charge on any atom is 0.251 e. The molecule has 132 valence electrons. The highest BCUT2D eigenvalue weighted by molar-refractivity contribution is 5.96. The Kier molecular flexibility index (Phi) is 5.27. The Bertz CT molecular complexity index is 724. The van der Waals surface area contributed by atoms with E-state index in [4.69, 9.17) is 4.74 Å². The second-order valence-electron chi connectivity index (χ2n) is 5.91. The van der Waals surface area contributed by atoms with Crippen LogP contribution >= 0.6 is 0 Å². The van der Waals surface area contributed by atoms with Crippen LogP contribution in [0.1, 0.15) is 29.2 Å². The number of methoxy groups -OCH3 is 1. The molecular formula is C17H21N5O3. The second kappa shape index (κ2) is 7.78. The average Bonchev–Trinajstić information content (AvgIpc) is 3.20. The molecule has 2 amide bonds. The molecule has 3 rings (SSSR count). The predicted molar refractivity (Wildman–Crippen MR) is 90.2 cm³/mol. The molecule has 1 fully saturated rings. The van der Waals surface area contributed by atoms with Crippen LogP contribution in [0.2, 0.25) is 0 Å². The number of hydrogen-bond donors (Lipinski definition) is 1. The first-order valence-corrected chi connectivity index (χ1v) is 8.23. The molecule has 1 aromatic carbocycles. The molecule has 8 heteroatoms. The zero-order valence-corrected chi connectivity index (χ0v) is 14.1.